The summed E-state index contributed by atoms with van der Waals surface area (Å²) >= 11 is 0. The van der Waals surface area contributed by atoms with Crippen molar-refractivity contribution in [3.8, 4) is 0 Å². The molecule has 0 aromatic carbocycles. The lowest BCUT2D eigenvalue weighted by Crippen LogP contribution is -1.48. The second-order valence-electron chi connectivity index (χ2n) is 0.926. The molecule has 0 N–H and O–H groups in total. The fourth-order valence-electron chi connectivity index (χ4n) is 0.271. The quantitative estimate of drug-likeness (QED) is 0.452. The van der Waals surface area contributed by atoms with Gasteiger partial charge in [0.25, 0.3) is 0 Å². The van der Waals surface area contributed by atoms with Crippen molar-refractivity contribution in [3.05, 3.63) is 23.9 Å². The fraction of sp³-hybridized carbons (Fsp3) is 0. The number of aromatic nitrogens is 1. The van der Waals surface area contributed by atoms with Crippen molar-refractivity contribution in [2.24, 2.45) is 0 Å². The van der Waals surface area contributed by atoms with E-state index in [0.29, 0.717) is 0 Å². The highest BCUT2D eigenvalue weighted by Gasteiger charge is 1.88. The summed E-state index contributed by atoms with van der Waals surface area (Å²) in [5.74, 6) is 0. The number of hydrogen-bond donors (Lipinski definition) is 0. The summed E-state index contributed by atoms with van der Waals surface area (Å²) in [6.07, 6.45) is 2.81. The third kappa shape index (κ3) is 0.578. The van der Waals surface area contributed by atoms with Crippen LogP contribution >= 0.6 is 0 Å². The molecule has 0 fully saturated rings. The van der Waals surface area contributed by atoms with Gasteiger partial charge in [-0.2, -0.15) is 0 Å². The van der Waals surface area contributed by atoms with E-state index >= 15 is 0 Å². The van der Waals surface area contributed by atoms with Crippen molar-refractivity contribution >= 4 is 6.01 Å². The Bertz CT molecular complexity index is 172. The number of nitrogens with zero attached hydrogens (tertiary/aromatic N) is 2. The first kappa shape index (κ1) is 3.88. The molecule has 7 heavy (non-hydrogen) atoms. The highest BCUT2D eigenvalue weighted by atomic mass is 16.4. The molecule has 1 aromatic rings. The van der Waals surface area contributed by atoms with Crippen LogP contribution in [-0.4, -0.2) is 4.98 Å². The molecule has 0 saturated carbocycles. The third-order valence-electron chi connectivity index (χ3n) is 0.515. The lowest BCUT2D eigenvalue weighted by molar-refractivity contribution is 0.585. The van der Waals surface area contributed by atoms with Crippen LogP contribution in [0.25, 0.3) is 4.85 Å². The van der Waals surface area contributed by atoms with Gasteiger partial charge in [0, 0.05) is 0 Å². The zero-order chi connectivity index (χ0) is 5.11. The highest BCUT2D eigenvalue weighted by Crippen LogP contribution is 2.03. The van der Waals surface area contributed by atoms with Gasteiger partial charge in [-0.25, -0.2) is 0 Å². The molecule has 1 aromatic heterocycles. The van der Waals surface area contributed by atoms with Crippen LogP contribution in [0.2, 0.25) is 0 Å². The van der Waals surface area contributed by atoms with Crippen molar-refractivity contribution in [2.75, 3.05) is 0 Å². The zero-order valence-corrected chi connectivity index (χ0v) is 3.46. The van der Waals surface area contributed by atoms with Crippen LogP contribution in [0.4, 0.5) is 6.01 Å². The van der Waals surface area contributed by atoms with Gasteiger partial charge in [-0.15, -0.1) is 0 Å². The molecular weight excluding hydrogens is 92.1 g/mol. The van der Waals surface area contributed by atoms with Crippen LogP contribution in [0.3, 0.4) is 0 Å². The standard InChI is InChI=1S/C4H2N2O/c1-5-4-6-2-3-7-4/h2-3H. The van der Waals surface area contributed by atoms with Gasteiger partial charge in [-0.3, -0.25) is 0 Å². The van der Waals surface area contributed by atoms with Gasteiger partial charge in [0.1, 0.15) is 6.26 Å². The van der Waals surface area contributed by atoms with Crippen LogP contribution in [0, 0.1) is 6.57 Å². The summed E-state index contributed by atoms with van der Waals surface area (Å²) in [7, 11) is 0. The first-order valence-electron chi connectivity index (χ1n) is 1.70. The molecule has 1 rings (SSSR count). The molecule has 0 bridgehead atoms. The molecular formula is C4H2N2O. The summed E-state index contributed by atoms with van der Waals surface area (Å²) in [5, 5.41) is 0. The van der Waals surface area contributed by atoms with Gasteiger partial charge in [-0.05, 0) is 0 Å². The molecule has 0 amide bonds. The third-order valence-corrected chi connectivity index (χ3v) is 0.515. The summed E-state index contributed by atoms with van der Waals surface area (Å²) in [4.78, 5) is 6.42. The van der Waals surface area contributed by atoms with Gasteiger partial charge in [0.2, 0.25) is 0 Å². The molecule has 0 aliphatic carbocycles. The molecule has 0 atom stereocenters. The van der Waals surface area contributed by atoms with Crippen LogP contribution in [0.5, 0.6) is 0 Å². The number of hydrogen-bond acceptors (Lipinski definition) is 2. The topological polar surface area (TPSA) is 30.4 Å². The van der Waals surface area contributed by atoms with Gasteiger partial charge in [0.05, 0.1) is 0 Å². The molecule has 34 valence electrons. The summed E-state index contributed by atoms with van der Waals surface area (Å²) < 4.78 is 4.52. The maximum Gasteiger partial charge on any atom is 0.449 e. The second-order valence-corrected chi connectivity index (χ2v) is 0.926. The van der Waals surface area contributed by atoms with Gasteiger partial charge >= 0.3 is 6.01 Å². The minimum Gasteiger partial charge on any atom is -0.468 e. The first-order valence-corrected chi connectivity index (χ1v) is 1.70. The first-order chi connectivity index (χ1) is 3.43. The smallest absolute Gasteiger partial charge is 0.449 e. The SMILES string of the molecule is [C-]#[N+]c1ncco1. The van der Waals surface area contributed by atoms with E-state index in [1.807, 2.05) is 0 Å². The van der Waals surface area contributed by atoms with Gasteiger partial charge in [-0.1, -0.05) is 11.6 Å². The fourth-order valence-corrected chi connectivity index (χ4v) is 0.271. The second kappa shape index (κ2) is 1.43. The minimum absolute atomic E-state index is 0.0972. The van der Waals surface area contributed by atoms with Crippen molar-refractivity contribution in [1.82, 2.24) is 4.98 Å². The van der Waals surface area contributed by atoms with Gasteiger partial charge in [0.15, 0.2) is 6.20 Å². The summed E-state index contributed by atoms with van der Waals surface area (Å²) in [6.45, 7) is 6.33. The average molecular weight is 94.1 g/mol. The Kier molecular flexibility index (Phi) is 0.794. The normalized spacial score (nSPS) is 7.86. The van der Waals surface area contributed by atoms with Crippen LogP contribution < -0.4 is 0 Å². The predicted molar refractivity (Wildman–Crippen MR) is 22.8 cm³/mol. The molecule has 0 unspecified atom stereocenters. The molecule has 3 heteroatoms. The largest absolute Gasteiger partial charge is 0.468 e. The van der Waals surface area contributed by atoms with E-state index in [9.17, 15) is 0 Å². The Hall–Kier alpha value is -1.30. The van der Waals surface area contributed by atoms with Crippen molar-refractivity contribution in [1.29, 1.82) is 0 Å². The molecule has 1 heterocycles. The lowest BCUT2D eigenvalue weighted by atomic mass is 11.0. The van der Waals surface area contributed by atoms with Crippen molar-refractivity contribution in [2.45, 2.75) is 0 Å². The van der Waals surface area contributed by atoms with Crippen LogP contribution in [0.1, 0.15) is 0 Å². The summed E-state index contributed by atoms with van der Waals surface area (Å²) in [5.41, 5.74) is 0. The zero-order valence-electron chi connectivity index (χ0n) is 3.46. The maximum atomic E-state index is 6.33. The predicted octanol–water partition coefficient (Wildman–Crippen LogP) is 1.23. The Labute approximate surface area is 40.4 Å². The Morgan fingerprint density at radius 2 is 2.71 bits per heavy atom. The molecule has 0 radical (unpaired) electrons. The van der Waals surface area contributed by atoms with E-state index in [-0.39, 0.29) is 6.01 Å². The van der Waals surface area contributed by atoms with Crippen molar-refractivity contribution in [3.63, 3.8) is 0 Å². The Morgan fingerprint density at radius 3 is 3.00 bits per heavy atom. The lowest BCUT2D eigenvalue weighted by Gasteiger charge is -1.67. The molecule has 0 aliphatic heterocycles. The van der Waals surface area contributed by atoms with Crippen LogP contribution in [0.15, 0.2) is 16.9 Å². The van der Waals surface area contributed by atoms with E-state index in [2.05, 4.69) is 14.2 Å². The minimum atomic E-state index is 0.0972. The van der Waals surface area contributed by atoms with E-state index in [1.54, 1.807) is 0 Å². The van der Waals surface area contributed by atoms with E-state index in [1.165, 1.54) is 12.5 Å². The average Bonchev–Trinajstić information content (AvgIpc) is 2.14. The van der Waals surface area contributed by atoms with E-state index < -0.39 is 0 Å². The maximum absolute atomic E-state index is 6.33. The molecule has 0 spiro atoms. The molecule has 3 nitrogen and oxygen atoms in total. The monoisotopic (exact) mass is 94.0 g/mol. The van der Waals surface area contributed by atoms with E-state index in [4.69, 9.17) is 6.57 Å². The number of oxazole rings is 1. The molecule has 0 saturated heterocycles. The van der Waals surface area contributed by atoms with Crippen LogP contribution in [-0.2, 0) is 0 Å². The van der Waals surface area contributed by atoms with Gasteiger partial charge < -0.3 is 9.26 Å². The summed E-state index contributed by atoms with van der Waals surface area (Å²) in [6, 6.07) is 0.0972. The van der Waals surface area contributed by atoms with E-state index in [0.717, 1.165) is 0 Å². The highest BCUT2D eigenvalue weighted by molar-refractivity contribution is 5.17. The number of rotatable bonds is 0. The molecule has 0 aliphatic rings. The Balaban J connectivity index is 3.04. The Morgan fingerprint density at radius 1 is 1.86 bits per heavy atom. The van der Waals surface area contributed by atoms with Crippen molar-refractivity contribution < 1.29 is 4.42 Å².